The fourth-order valence-corrected chi connectivity index (χ4v) is 1.36. The van der Waals surface area contributed by atoms with Gasteiger partial charge in [0.25, 0.3) is 0 Å². The minimum atomic E-state index is -0.950. The molecule has 1 rings (SSSR count). The van der Waals surface area contributed by atoms with Crippen molar-refractivity contribution in [2.75, 3.05) is 0 Å². The summed E-state index contributed by atoms with van der Waals surface area (Å²) < 4.78 is 5.08. The highest BCUT2D eigenvalue weighted by Gasteiger charge is 2.31. The fourth-order valence-electron chi connectivity index (χ4n) is 1.36. The predicted octanol–water partition coefficient (Wildman–Crippen LogP) is 1.41. The van der Waals surface area contributed by atoms with E-state index in [0.717, 1.165) is 12.0 Å². The van der Waals surface area contributed by atoms with Gasteiger partial charge in [0.1, 0.15) is 6.10 Å². The van der Waals surface area contributed by atoms with Crippen molar-refractivity contribution >= 4 is 5.97 Å². The summed E-state index contributed by atoms with van der Waals surface area (Å²) in [4.78, 5) is 11.1. The second-order valence-electron chi connectivity index (χ2n) is 4.11. The molecule has 0 radical (unpaired) electrons. The standard InChI is InChI=1S/C10H16O3/c1-7-4-5-8(10(2,3)12)13-9(11)6-7/h6,8,12H,4-5H2,1-3H3. The first-order valence-corrected chi connectivity index (χ1v) is 4.50. The Labute approximate surface area is 78.4 Å². The van der Waals surface area contributed by atoms with Crippen LogP contribution < -0.4 is 0 Å². The smallest absolute Gasteiger partial charge is 0.331 e. The average molecular weight is 184 g/mol. The summed E-state index contributed by atoms with van der Waals surface area (Å²) in [5, 5.41) is 9.67. The van der Waals surface area contributed by atoms with E-state index in [4.69, 9.17) is 4.74 Å². The van der Waals surface area contributed by atoms with Gasteiger partial charge in [-0.3, -0.25) is 0 Å². The summed E-state index contributed by atoms with van der Waals surface area (Å²) >= 11 is 0. The Bertz CT molecular complexity index is 235. The van der Waals surface area contributed by atoms with Crippen LogP contribution in [0.15, 0.2) is 11.6 Å². The number of carbonyl (C=O) groups excluding carboxylic acids is 1. The van der Waals surface area contributed by atoms with Gasteiger partial charge in [0.15, 0.2) is 0 Å². The van der Waals surface area contributed by atoms with Gasteiger partial charge in [0, 0.05) is 6.08 Å². The lowest BCUT2D eigenvalue weighted by atomic mass is 9.96. The van der Waals surface area contributed by atoms with Gasteiger partial charge in [-0.15, -0.1) is 0 Å². The molecule has 3 nitrogen and oxygen atoms in total. The second-order valence-corrected chi connectivity index (χ2v) is 4.11. The number of hydrogen-bond donors (Lipinski definition) is 1. The minimum absolute atomic E-state index is 0.345. The lowest BCUT2D eigenvalue weighted by molar-refractivity contribution is -0.155. The zero-order valence-corrected chi connectivity index (χ0v) is 8.33. The second kappa shape index (κ2) is 3.50. The van der Waals surface area contributed by atoms with Gasteiger partial charge in [-0.2, -0.15) is 0 Å². The average Bonchev–Trinajstić information content (AvgIpc) is 2.09. The SMILES string of the molecule is CC1=CC(=O)OC(C(C)(C)O)CC1. The first-order valence-electron chi connectivity index (χ1n) is 4.50. The molecule has 1 heterocycles. The lowest BCUT2D eigenvalue weighted by Gasteiger charge is -2.27. The molecule has 0 aromatic rings. The predicted molar refractivity (Wildman–Crippen MR) is 49.2 cm³/mol. The van der Waals surface area contributed by atoms with Gasteiger partial charge in [-0.05, 0) is 33.6 Å². The Balaban J connectivity index is 2.71. The van der Waals surface area contributed by atoms with Gasteiger partial charge in [-0.25, -0.2) is 4.79 Å². The van der Waals surface area contributed by atoms with Crippen LogP contribution in [0.2, 0.25) is 0 Å². The molecule has 1 N–H and O–H groups in total. The van der Waals surface area contributed by atoms with Crippen molar-refractivity contribution in [2.24, 2.45) is 0 Å². The molecule has 0 bridgehead atoms. The largest absolute Gasteiger partial charge is 0.456 e. The van der Waals surface area contributed by atoms with Crippen molar-refractivity contribution in [3.05, 3.63) is 11.6 Å². The quantitative estimate of drug-likeness (QED) is 0.627. The van der Waals surface area contributed by atoms with Crippen LogP contribution in [0, 0.1) is 0 Å². The molecule has 1 atom stereocenters. The van der Waals surface area contributed by atoms with E-state index in [2.05, 4.69) is 0 Å². The van der Waals surface area contributed by atoms with Crippen LogP contribution >= 0.6 is 0 Å². The number of esters is 1. The van der Waals surface area contributed by atoms with Gasteiger partial charge >= 0.3 is 5.97 Å². The van der Waals surface area contributed by atoms with Crippen molar-refractivity contribution in [2.45, 2.75) is 45.3 Å². The summed E-state index contributed by atoms with van der Waals surface area (Å²) in [5.74, 6) is -0.345. The van der Waals surface area contributed by atoms with Crippen molar-refractivity contribution in [3.8, 4) is 0 Å². The first kappa shape index (κ1) is 10.3. The molecule has 0 aromatic heterocycles. The third-order valence-corrected chi connectivity index (χ3v) is 2.21. The van der Waals surface area contributed by atoms with E-state index in [0.29, 0.717) is 6.42 Å². The van der Waals surface area contributed by atoms with Crippen molar-refractivity contribution in [3.63, 3.8) is 0 Å². The molecule has 3 heteroatoms. The van der Waals surface area contributed by atoms with E-state index in [1.165, 1.54) is 6.08 Å². The maximum Gasteiger partial charge on any atom is 0.331 e. The number of carbonyl (C=O) groups is 1. The Morgan fingerprint density at radius 3 is 2.77 bits per heavy atom. The zero-order chi connectivity index (χ0) is 10.1. The highest BCUT2D eigenvalue weighted by atomic mass is 16.6. The van der Waals surface area contributed by atoms with Crippen LogP contribution in [0.5, 0.6) is 0 Å². The molecule has 0 aromatic carbocycles. The van der Waals surface area contributed by atoms with Crippen LogP contribution in [0.3, 0.4) is 0 Å². The summed E-state index contributed by atoms with van der Waals surface area (Å²) in [6.45, 7) is 5.21. The van der Waals surface area contributed by atoms with Crippen LogP contribution in [0.1, 0.15) is 33.6 Å². The highest BCUT2D eigenvalue weighted by molar-refractivity contribution is 5.83. The van der Waals surface area contributed by atoms with Gasteiger partial charge in [0.05, 0.1) is 5.60 Å². The zero-order valence-electron chi connectivity index (χ0n) is 8.33. The fraction of sp³-hybridized carbons (Fsp3) is 0.700. The van der Waals surface area contributed by atoms with E-state index in [-0.39, 0.29) is 5.97 Å². The lowest BCUT2D eigenvalue weighted by Crippen LogP contribution is -2.38. The summed E-state index contributed by atoms with van der Waals surface area (Å²) in [6, 6.07) is 0. The monoisotopic (exact) mass is 184 g/mol. The molecular weight excluding hydrogens is 168 g/mol. The molecule has 0 aliphatic carbocycles. The number of rotatable bonds is 1. The third kappa shape index (κ3) is 2.84. The molecule has 1 unspecified atom stereocenters. The molecule has 0 saturated heterocycles. The Morgan fingerprint density at radius 1 is 1.62 bits per heavy atom. The van der Waals surface area contributed by atoms with E-state index in [1.807, 2.05) is 6.92 Å². The Hall–Kier alpha value is -0.830. The highest BCUT2D eigenvalue weighted by Crippen LogP contribution is 2.23. The van der Waals surface area contributed by atoms with Crippen molar-refractivity contribution in [1.29, 1.82) is 0 Å². The number of allylic oxidation sites excluding steroid dienone is 1. The molecule has 0 fully saturated rings. The Morgan fingerprint density at radius 2 is 2.23 bits per heavy atom. The maximum atomic E-state index is 11.1. The maximum absolute atomic E-state index is 11.1. The molecule has 0 saturated carbocycles. The number of cyclic esters (lactones) is 1. The molecule has 74 valence electrons. The molecule has 1 aliphatic heterocycles. The Kier molecular flexibility index (Phi) is 2.76. The van der Waals surface area contributed by atoms with E-state index in [9.17, 15) is 9.90 Å². The van der Waals surface area contributed by atoms with E-state index in [1.54, 1.807) is 13.8 Å². The van der Waals surface area contributed by atoms with Gasteiger partial charge in [0.2, 0.25) is 0 Å². The summed E-state index contributed by atoms with van der Waals surface area (Å²) in [5.41, 5.74) is 0.0606. The molecule has 0 amide bonds. The van der Waals surface area contributed by atoms with Crippen LogP contribution in [-0.4, -0.2) is 22.8 Å². The molecule has 1 aliphatic rings. The molecular formula is C10H16O3. The molecule has 13 heavy (non-hydrogen) atoms. The normalized spacial score (nSPS) is 24.8. The van der Waals surface area contributed by atoms with Crippen LogP contribution in [0.4, 0.5) is 0 Å². The number of aliphatic hydroxyl groups is 1. The number of hydrogen-bond acceptors (Lipinski definition) is 3. The van der Waals surface area contributed by atoms with Gasteiger partial charge in [-0.1, -0.05) is 5.57 Å². The van der Waals surface area contributed by atoms with Crippen LogP contribution in [0.25, 0.3) is 0 Å². The minimum Gasteiger partial charge on any atom is -0.456 e. The number of ether oxygens (including phenoxy) is 1. The molecule has 0 spiro atoms. The third-order valence-electron chi connectivity index (χ3n) is 2.21. The van der Waals surface area contributed by atoms with E-state index >= 15 is 0 Å². The summed E-state index contributed by atoms with van der Waals surface area (Å²) in [6.07, 6.45) is 2.60. The van der Waals surface area contributed by atoms with Gasteiger partial charge < -0.3 is 9.84 Å². The first-order chi connectivity index (χ1) is 5.89. The summed E-state index contributed by atoms with van der Waals surface area (Å²) in [7, 11) is 0. The van der Waals surface area contributed by atoms with Crippen molar-refractivity contribution < 1.29 is 14.6 Å². The topological polar surface area (TPSA) is 46.5 Å². The van der Waals surface area contributed by atoms with E-state index < -0.39 is 11.7 Å². The van der Waals surface area contributed by atoms with Crippen molar-refractivity contribution in [1.82, 2.24) is 0 Å². The van der Waals surface area contributed by atoms with Crippen LogP contribution in [-0.2, 0) is 9.53 Å².